The Morgan fingerprint density at radius 1 is 0.860 bits per heavy atom. The normalized spacial score (nSPS) is 12.9. The molecule has 3 nitrogen and oxygen atoms in total. The molecule has 311 valence electrons. The minimum atomic E-state index is -4.25. The zero-order chi connectivity index (χ0) is 41.8. The number of allylic oxidation sites excluding steroid dienone is 2. The van der Waals surface area contributed by atoms with Crippen LogP contribution in [0.25, 0.3) is 42.6 Å². The van der Waals surface area contributed by atoms with Gasteiger partial charge in [-0.1, -0.05) is 135 Å². The van der Waals surface area contributed by atoms with Gasteiger partial charge in [-0.05, 0) is 65.3 Å². The molecule has 2 aromatic heterocycles. The van der Waals surface area contributed by atoms with Gasteiger partial charge in [-0.25, -0.2) is 0 Å². The van der Waals surface area contributed by atoms with Crippen molar-refractivity contribution in [1.29, 1.82) is 0 Å². The Hall–Kier alpha value is -3.10. The van der Waals surface area contributed by atoms with Crippen molar-refractivity contribution in [1.82, 2.24) is 4.98 Å². The third-order valence-corrected chi connectivity index (χ3v) is 14.4. The Bertz CT molecular complexity index is 2150. The van der Waals surface area contributed by atoms with Crippen LogP contribution in [0.2, 0.25) is 19.6 Å². The maximum Gasteiger partial charge on any atom is 0.394 e. The molecule has 0 aliphatic heterocycles. The van der Waals surface area contributed by atoms with Crippen molar-refractivity contribution in [2.45, 2.75) is 126 Å². The van der Waals surface area contributed by atoms with E-state index in [0.717, 1.165) is 52.6 Å². The van der Waals surface area contributed by atoms with Gasteiger partial charge in [0, 0.05) is 59.5 Å². The monoisotopic (exact) mass is 993 g/mol. The number of alkyl halides is 3. The molecule has 0 bridgehead atoms. The van der Waals surface area contributed by atoms with Crippen molar-refractivity contribution < 1.29 is 43.2 Å². The summed E-state index contributed by atoms with van der Waals surface area (Å²) in [7, 11) is -1.83. The van der Waals surface area contributed by atoms with Crippen LogP contribution in [0.15, 0.2) is 78.7 Å². The molecule has 1 N–H and O–H groups in total. The van der Waals surface area contributed by atoms with E-state index in [9.17, 15) is 23.1 Å². The summed E-state index contributed by atoms with van der Waals surface area (Å²) in [5, 5.41) is 14.6. The number of hydrogen-bond donors (Lipinski definition) is 1. The van der Waals surface area contributed by atoms with Crippen molar-refractivity contribution in [3.05, 3.63) is 95.9 Å². The Morgan fingerprint density at radius 2 is 1.44 bits per heavy atom. The molecule has 0 aliphatic carbocycles. The summed E-state index contributed by atoms with van der Waals surface area (Å²) in [6, 6.07) is 24.1. The van der Waals surface area contributed by atoms with Crippen LogP contribution >= 0.6 is 11.3 Å². The van der Waals surface area contributed by atoms with Crippen LogP contribution in [0.5, 0.6) is 0 Å². The smallest absolute Gasteiger partial charge is 0.394 e. The van der Waals surface area contributed by atoms with Crippen LogP contribution in [-0.2, 0) is 36.7 Å². The molecule has 1 radical (unpaired) electrons. The average Bonchev–Trinajstić information content (AvgIpc) is 3.53. The largest absolute Gasteiger partial charge is 0.512 e. The molecule has 0 spiro atoms. The molecular formula is C48H61F3IrNO2SSi-. The second-order valence-electron chi connectivity index (χ2n) is 17.7. The topological polar surface area (TPSA) is 50.2 Å². The summed E-state index contributed by atoms with van der Waals surface area (Å²) >= 11 is 1.74. The SMILES string of the molecule is CC(C)(C)c1cc(-c2nccc3c([Si](C)(C)C)c(-c4ccc(CC(C)(C)C(F)(F)F)cc4)sc23)[c-]c2ccccc12.CCC(CC)C(=O)/C=C(\O)C(CC)CC.[Ir]. The first-order chi connectivity index (χ1) is 26.1. The van der Waals surface area contributed by atoms with E-state index in [0.29, 0.717) is 5.56 Å². The van der Waals surface area contributed by atoms with E-state index in [1.807, 2.05) is 58.2 Å². The zero-order valence-corrected chi connectivity index (χ0v) is 40.0. The molecule has 3 aromatic carbocycles. The number of benzene rings is 3. The Kier molecular flexibility index (Phi) is 16.3. The number of carbonyl (C=O) groups is 1. The third kappa shape index (κ3) is 11.3. The van der Waals surface area contributed by atoms with E-state index >= 15 is 0 Å². The molecule has 57 heavy (non-hydrogen) atoms. The molecule has 9 heteroatoms. The standard InChI is InChI=1S/C35H37F3NSSi.C13H24O2.Ir/c1-33(2,3)28-20-25(19-24-11-9-10-12-26(24)28)29-31-27(17-18-39-29)32(41(6,7)8)30(40-31)23-15-13-22(14-16-23)21-34(4,5)35(36,37)38;1-5-10(6-2)12(14)9-13(15)11(7-3)8-4;/h9-18,20H,21H2,1-8H3;9-11,14H,5-8H2,1-4H3;/q-1;;/b;12-9-;. The number of aromatic nitrogens is 1. The van der Waals surface area contributed by atoms with Crippen LogP contribution in [0.3, 0.4) is 0 Å². The molecule has 0 amide bonds. The fourth-order valence-electron chi connectivity index (χ4n) is 7.31. The van der Waals surface area contributed by atoms with Crippen molar-refractivity contribution in [3.8, 4) is 21.7 Å². The van der Waals surface area contributed by atoms with E-state index in [2.05, 4.69) is 82.9 Å². The number of nitrogens with zero attached hydrogens (tertiary/aromatic N) is 1. The molecular weight excluding hydrogens is 932 g/mol. The van der Waals surface area contributed by atoms with E-state index in [1.165, 1.54) is 46.3 Å². The Morgan fingerprint density at radius 3 is 1.96 bits per heavy atom. The molecule has 0 fully saturated rings. The average molecular weight is 993 g/mol. The maximum atomic E-state index is 13.5. The van der Waals surface area contributed by atoms with Gasteiger partial charge in [-0.15, -0.1) is 40.5 Å². The van der Waals surface area contributed by atoms with Crippen LogP contribution in [0.1, 0.15) is 99.1 Å². The molecule has 0 unspecified atom stereocenters. The first kappa shape index (κ1) is 48.3. The van der Waals surface area contributed by atoms with Gasteiger partial charge in [-0.2, -0.15) is 13.2 Å². The quantitative estimate of drug-likeness (QED) is 0.0586. The van der Waals surface area contributed by atoms with Gasteiger partial charge >= 0.3 is 6.18 Å². The van der Waals surface area contributed by atoms with Gasteiger partial charge in [0.15, 0.2) is 5.78 Å². The van der Waals surface area contributed by atoms with Crippen LogP contribution < -0.4 is 5.19 Å². The number of rotatable bonds is 12. The van der Waals surface area contributed by atoms with Gasteiger partial charge in [0.25, 0.3) is 0 Å². The van der Waals surface area contributed by atoms with Crippen molar-refractivity contribution >= 4 is 51.2 Å². The molecule has 0 saturated carbocycles. The second-order valence-corrected chi connectivity index (χ2v) is 23.8. The van der Waals surface area contributed by atoms with Crippen LogP contribution in [0.4, 0.5) is 13.2 Å². The number of ketones is 1. The van der Waals surface area contributed by atoms with Gasteiger partial charge in [0.1, 0.15) is 0 Å². The third-order valence-electron chi connectivity index (χ3n) is 10.9. The predicted octanol–water partition coefficient (Wildman–Crippen LogP) is 14.4. The first-order valence-electron chi connectivity index (χ1n) is 20.1. The van der Waals surface area contributed by atoms with E-state index in [1.54, 1.807) is 11.3 Å². The zero-order valence-electron chi connectivity index (χ0n) is 35.8. The van der Waals surface area contributed by atoms with E-state index in [-0.39, 0.29) is 55.3 Å². The molecule has 0 aliphatic rings. The number of thiophene rings is 1. The number of pyridine rings is 1. The Balaban J connectivity index is 0.000000464. The van der Waals surface area contributed by atoms with Gasteiger partial charge in [-0.3, -0.25) is 9.78 Å². The van der Waals surface area contributed by atoms with Crippen molar-refractivity contribution in [3.63, 3.8) is 0 Å². The minimum absolute atomic E-state index is 0. The number of fused-ring (bicyclic) bond motifs is 2. The summed E-state index contributed by atoms with van der Waals surface area (Å²) in [4.78, 5) is 17.8. The van der Waals surface area contributed by atoms with Crippen molar-refractivity contribution in [2.24, 2.45) is 17.3 Å². The summed E-state index contributed by atoms with van der Waals surface area (Å²) in [5.74, 6) is 0.547. The summed E-state index contributed by atoms with van der Waals surface area (Å²) < 4.78 is 41.7. The fourth-order valence-corrected chi connectivity index (χ4v) is 11.5. The Labute approximate surface area is 358 Å². The van der Waals surface area contributed by atoms with Crippen LogP contribution in [-0.4, -0.2) is 30.1 Å². The summed E-state index contributed by atoms with van der Waals surface area (Å²) in [5.41, 5.74) is 3.08. The van der Waals surface area contributed by atoms with Gasteiger partial charge in [0.05, 0.1) is 19.2 Å². The first-order valence-corrected chi connectivity index (χ1v) is 24.4. The fraction of sp³-hybridized carbons (Fsp3) is 0.458. The predicted molar refractivity (Wildman–Crippen MR) is 236 cm³/mol. The maximum absolute atomic E-state index is 13.5. The summed E-state index contributed by atoms with van der Waals surface area (Å²) in [6.07, 6.45) is 2.51. The molecule has 0 saturated heterocycles. The van der Waals surface area contributed by atoms with E-state index in [4.69, 9.17) is 4.98 Å². The van der Waals surface area contributed by atoms with Crippen LogP contribution in [0, 0.1) is 23.3 Å². The molecule has 5 aromatic rings. The summed E-state index contributed by atoms with van der Waals surface area (Å²) in [6.45, 7) is 24.3. The minimum Gasteiger partial charge on any atom is -0.512 e. The van der Waals surface area contributed by atoms with E-state index < -0.39 is 19.7 Å². The van der Waals surface area contributed by atoms with Gasteiger partial charge < -0.3 is 5.11 Å². The molecule has 5 rings (SSSR count). The molecule has 2 heterocycles. The number of aliphatic hydroxyl groups is 1. The number of aliphatic hydroxyl groups excluding tert-OH is 1. The van der Waals surface area contributed by atoms with Gasteiger partial charge in [0.2, 0.25) is 0 Å². The second kappa shape index (κ2) is 19.3. The number of hydrogen-bond acceptors (Lipinski definition) is 4. The number of halogens is 3. The van der Waals surface area contributed by atoms with Crippen molar-refractivity contribution in [2.75, 3.05) is 0 Å². The molecule has 0 atom stereocenters. The number of carbonyl (C=O) groups excluding carboxylic acids is 1.